The third-order valence-corrected chi connectivity index (χ3v) is 5.70. The van der Waals surface area contributed by atoms with E-state index in [9.17, 15) is 4.39 Å². The van der Waals surface area contributed by atoms with Crippen molar-refractivity contribution >= 4 is 10.8 Å². The lowest BCUT2D eigenvalue weighted by Gasteiger charge is -2.26. The third kappa shape index (κ3) is 3.10. The zero-order valence-electron chi connectivity index (χ0n) is 15.4. The molecule has 0 amide bonds. The number of nitrogens with zero attached hydrogens (tertiary/aromatic N) is 1. The fourth-order valence-corrected chi connectivity index (χ4v) is 4.28. The van der Waals surface area contributed by atoms with Gasteiger partial charge >= 0.3 is 0 Å². The van der Waals surface area contributed by atoms with E-state index >= 15 is 4.39 Å². The first-order valence-corrected chi connectivity index (χ1v) is 9.53. The van der Waals surface area contributed by atoms with Crippen LogP contribution in [0.3, 0.4) is 0 Å². The molecule has 0 saturated carbocycles. The maximum atomic E-state index is 15.2. The Hall–Kier alpha value is -2.73. The number of hydrogen-bond donors (Lipinski definition) is 0. The van der Waals surface area contributed by atoms with Gasteiger partial charge in [0.2, 0.25) is 0 Å². The van der Waals surface area contributed by atoms with Crippen molar-refractivity contribution in [1.29, 1.82) is 5.26 Å². The lowest BCUT2D eigenvalue weighted by molar-refractivity contribution is 0.517. The highest BCUT2D eigenvalue weighted by molar-refractivity contribution is 5.84. The number of rotatable bonds is 3. The minimum Gasteiger partial charge on any atom is -0.206 e. The summed E-state index contributed by atoms with van der Waals surface area (Å²) in [5.74, 6) is -0.529. The van der Waals surface area contributed by atoms with Crippen LogP contribution in [0, 0.1) is 23.0 Å². The molecule has 3 aromatic carbocycles. The molecule has 0 N–H and O–H groups in total. The predicted molar refractivity (Wildman–Crippen MR) is 104 cm³/mol. The second-order valence-electron chi connectivity index (χ2n) is 7.39. The molecule has 0 spiro atoms. The molecule has 136 valence electrons. The molecule has 3 heteroatoms. The van der Waals surface area contributed by atoms with Crippen LogP contribution in [0.4, 0.5) is 8.78 Å². The predicted octanol–water partition coefficient (Wildman–Crippen LogP) is 6.21. The van der Waals surface area contributed by atoms with E-state index in [1.54, 1.807) is 0 Å². The van der Waals surface area contributed by atoms with Gasteiger partial charge in [-0.05, 0) is 65.3 Å². The van der Waals surface area contributed by atoms with Crippen molar-refractivity contribution in [3.05, 3.63) is 81.9 Å². The molecule has 0 bridgehead atoms. The molecule has 1 atom stereocenters. The molecule has 0 fully saturated rings. The Balaban J connectivity index is 1.69. The highest BCUT2D eigenvalue weighted by Gasteiger charge is 2.26. The summed E-state index contributed by atoms with van der Waals surface area (Å²) in [6, 6.07) is 15.1. The van der Waals surface area contributed by atoms with Crippen molar-refractivity contribution in [2.24, 2.45) is 0 Å². The maximum absolute atomic E-state index is 15.2. The van der Waals surface area contributed by atoms with Crippen LogP contribution in [0.1, 0.15) is 53.5 Å². The van der Waals surface area contributed by atoms with Crippen LogP contribution in [0.15, 0.2) is 42.5 Å². The molecule has 27 heavy (non-hydrogen) atoms. The van der Waals surface area contributed by atoms with Crippen molar-refractivity contribution < 1.29 is 8.78 Å². The second-order valence-corrected chi connectivity index (χ2v) is 7.39. The standard InChI is InChI=1S/C24H21F2N/c1-2-3-15-4-9-21-16(12-15)7-11-22(24(21)26)18-8-10-20-17(13-18)5-6-19(14-27)23(20)25/h4-7,9,11-12,18H,2-3,8,10,13H2,1H3. The first kappa shape index (κ1) is 17.7. The largest absolute Gasteiger partial charge is 0.206 e. The first-order valence-electron chi connectivity index (χ1n) is 9.53. The second kappa shape index (κ2) is 7.12. The molecule has 0 heterocycles. The minimum atomic E-state index is -0.407. The molecule has 0 radical (unpaired) electrons. The maximum Gasteiger partial charge on any atom is 0.144 e. The van der Waals surface area contributed by atoms with Gasteiger partial charge < -0.3 is 0 Å². The molecule has 1 aliphatic rings. The van der Waals surface area contributed by atoms with Crippen molar-refractivity contribution in [2.75, 3.05) is 0 Å². The number of fused-ring (bicyclic) bond motifs is 2. The average molecular weight is 361 g/mol. The molecule has 1 nitrogen and oxygen atoms in total. The molecule has 1 unspecified atom stereocenters. The quantitative estimate of drug-likeness (QED) is 0.544. The Morgan fingerprint density at radius 3 is 2.70 bits per heavy atom. The van der Waals surface area contributed by atoms with E-state index in [0.29, 0.717) is 35.8 Å². The Bertz CT molecular complexity index is 1060. The van der Waals surface area contributed by atoms with E-state index in [0.717, 1.165) is 23.8 Å². The molecule has 0 aromatic heterocycles. The van der Waals surface area contributed by atoms with Crippen LogP contribution >= 0.6 is 0 Å². The van der Waals surface area contributed by atoms with Crippen LogP contribution in [-0.2, 0) is 19.3 Å². The van der Waals surface area contributed by atoms with Gasteiger partial charge in [0.15, 0.2) is 0 Å². The van der Waals surface area contributed by atoms with Crippen molar-refractivity contribution in [3.8, 4) is 6.07 Å². The summed E-state index contributed by atoms with van der Waals surface area (Å²) >= 11 is 0. The molecule has 4 rings (SSSR count). The van der Waals surface area contributed by atoms with Crippen LogP contribution in [0.5, 0.6) is 0 Å². The fraction of sp³-hybridized carbons (Fsp3) is 0.292. The van der Waals surface area contributed by atoms with Gasteiger partial charge in [-0.1, -0.05) is 49.7 Å². The normalized spacial score (nSPS) is 16.1. The fourth-order valence-electron chi connectivity index (χ4n) is 4.28. The van der Waals surface area contributed by atoms with Crippen molar-refractivity contribution in [2.45, 2.75) is 44.9 Å². The zero-order chi connectivity index (χ0) is 19.0. The monoisotopic (exact) mass is 361 g/mol. The molecule has 0 saturated heterocycles. The van der Waals surface area contributed by atoms with Crippen LogP contribution in [0.25, 0.3) is 10.8 Å². The van der Waals surface area contributed by atoms with Gasteiger partial charge in [0, 0.05) is 5.39 Å². The van der Waals surface area contributed by atoms with Gasteiger partial charge in [-0.2, -0.15) is 5.26 Å². The topological polar surface area (TPSA) is 23.8 Å². The molecule has 3 aromatic rings. The van der Waals surface area contributed by atoms with Crippen LogP contribution in [-0.4, -0.2) is 0 Å². The molecule has 1 aliphatic carbocycles. The number of halogens is 2. The lowest BCUT2D eigenvalue weighted by Crippen LogP contribution is -2.16. The summed E-state index contributed by atoms with van der Waals surface area (Å²) in [6.45, 7) is 2.14. The molecule has 0 aliphatic heterocycles. The number of benzene rings is 3. The van der Waals surface area contributed by atoms with E-state index in [1.165, 1.54) is 11.6 Å². The average Bonchev–Trinajstić information content (AvgIpc) is 2.68. The summed E-state index contributed by atoms with van der Waals surface area (Å²) in [6.07, 6.45) is 3.89. The summed E-state index contributed by atoms with van der Waals surface area (Å²) in [5.41, 5.74) is 3.54. The van der Waals surface area contributed by atoms with Gasteiger partial charge in [0.25, 0.3) is 0 Å². The van der Waals surface area contributed by atoms with Gasteiger partial charge in [0.1, 0.15) is 17.7 Å². The zero-order valence-corrected chi connectivity index (χ0v) is 15.4. The Labute approximate surface area is 158 Å². The first-order chi connectivity index (χ1) is 13.1. The Morgan fingerprint density at radius 2 is 1.93 bits per heavy atom. The third-order valence-electron chi connectivity index (χ3n) is 5.70. The summed E-state index contributed by atoms with van der Waals surface area (Å²) < 4.78 is 29.6. The number of aryl methyl sites for hydroxylation is 1. The SMILES string of the molecule is CCCc1ccc2c(F)c(C3CCc4c(ccc(C#N)c4F)C3)ccc2c1. The number of nitriles is 1. The summed E-state index contributed by atoms with van der Waals surface area (Å²) in [5, 5.41) is 10.6. The Morgan fingerprint density at radius 1 is 1.07 bits per heavy atom. The van der Waals surface area contributed by atoms with Gasteiger partial charge in [-0.15, -0.1) is 0 Å². The van der Waals surface area contributed by atoms with Gasteiger partial charge in [-0.3, -0.25) is 0 Å². The van der Waals surface area contributed by atoms with E-state index < -0.39 is 5.82 Å². The molecular weight excluding hydrogens is 340 g/mol. The van der Waals surface area contributed by atoms with E-state index in [-0.39, 0.29) is 17.3 Å². The summed E-state index contributed by atoms with van der Waals surface area (Å²) in [4.78, 5) is 0. The highest BCUT2D eigenvalue weighted by Crippen LogP contribution is 2.37. The van der Waals surface area contributed by atoms with Crippen LogP contribution < -0.4 is 0 Å². The van der Waals surface area contributed by atoms with Gasteiger partial charge in [0.05, 0.1) is 5.56 Å². The highest BCUT2D eigenvalue weighted by atomic mass is 19.1. The van der Waals surface area contributed by atoms with Gasteiger partial charge in [-0.25, -0.2) is 8.78 Å². The van der Waals surface area contributed by atoms with Crippen LogP contribution in [0.2, 0.25) is 0 Å². The van der Waals surface area contributed by atoms with Crippen molar-refractivity contribution in [3.63, 3.8) is 0 Å². The summed E-state index contributed by atoms with van der Waals surface area (Å²) in [7, 11) is 0. The lowest BCUT2D eigenvalue weighted by atomic mass is 9.79. The van der Waals surface area contributed by atoms with E-state index in [1.807, 2.05) is 36.4 Å². The Kier molecular flexibility index (Phi) is 4.66. The van der Waals surface area contributed by atoms with Crippen molar-refractivity contribution in [1.82, 2.24) is 0 Å². The smallest absolute Gasteiger partial charge is 0.144 e. The number of hydrogen-bond acceptors (Lipinski definition) is 1. The minimum absolute atomic E-state index is 0.0320. The van der Waals surface area contributed by atoms with E-state index in [2.05, 4.69) is 13.0 Å². The van der Waals surface area contributed by atoms with E-state index in [4.69, 9.17) is 5.26 Å². The molecular formula is C24H21F2N.